The number of Topliss-reactive ketones (excluding diaryl/α,β-unsaturated/α-hetero) is 1. The highest BCUT2D eigenvalue weighted by molar-refractivity contribution is 5.94. The zero-order valence-electron chi connectivity index (χ0n) is 12.5. The fraction of sp³-hybridized carbons (Fsp3) is 0.500. The van der Waals surface area contributed by atoms with Gasteiger partial charge < -0.3 is 10.1 Å². The second-order valence-electron chi connectivity index (χ2n) is 4.82. The Kier molecular flexibility index (Phi) is 6.77. The molecule has 0 atom stereocenters. The number of hydrogen-bond donors (Lipinski definition) is 1. The van der Waals surface area contributed by atoms with Crippen molar-refractivity contribution < 1.29 is 14.3 Å². The summed E-state index contributed by atoms with van der Waals surface area (Å²) in [6, 6.07) is 5.17. The smallest absolute Gasteiger partial charge is 0.224 e. The van der Waals surface area contributed by atoms with E-state index in [2.05, 4.69) is 12.2 Å². The summed E-state index contributed by atoms with van der Waals surface area (Å²) in [5, 5.41) is 2.89. The first-order valence-electron chi connectivity index (χ1n) is 7.03. The Hall–Kier alpha value is -1.84. The summed E-state index contributed by atoms with van der Waals surface area (Å²) < 4.78 is 5.23. The Morgan fingerprint density at radius 2 is 2.00 bits per heavy atom. The highest BCUT2D eigenvalue weighted by atomic mass is 16.5. The van der Waals surface area contributed by atoms with Gasteiger partial charge in [-0.15, -0.1) is 0 Å². The van der Waals surface area contributed by atoms with Gasteiger partial charge in [-0.3, -0.25) is 9.59 Å². The van der Waals surface area contributed by atoms with Crippen molar-refractivity contribution in [2.24, 2.45) is 0 Å². The number of carbonyl (C=O) groups is 2. The normalized spacial score (nSPS) is 10.2. The maximum atomic E-state index is 11.9. The van der Waals surface area contributed by atoms with Crippen LogP contribution in [0.2, 0.25) is 0 Å². The van der Waals surface area contributed by atoms with Gasteiger partial charge in [0.2, 0.25) is 5.91 Å². The molecule has 0 radical (unpaired) electrons. The number of hydrogen-bond acceptors (Lipinski definition) is 3. The van der Waals surface area contributed by atoms with Gasteiger partial charge in [0.1, 0.15) is 5.75 Å². The second-order valence-corrected chi connectivity index (χ2v) is 4.82. The van der Waals surface area contributed by atoms with Gasteiger partial charge in [-0.05, 0) is 31.5 Å². The zero-order chi connectivity index (χ0) is 15.0. The number of nitrogens with one attached hydrogen (secondary N) is 1. The molecule has 0 bridgehead atoms. The molecular weight excluding hydrogens is 254 g/mol. The van der Waals surface area contributed by atoms with E-state index in [1.165, 1.54) is 6.92 Å². The molecule has 0 aliphatic carbocycles. The van der Waals surface area contributed by atoms with E-state index in [0.717, 1.165) is 24.8 Å². The molecule has 0 aliphatic heterocycles. The second kappa shape index (κ2) is 8.35. The minimum atomic E-state index is -0.0416. The van der Waals surface area contributed by atoms with Crippen molar-refractivity contribution in [3.05, 3.63) is 29.3 Å². The van der Waals surface area contributed by atoms with Crippen LogP contribution in [0.4, 0.5) is 0 Å². The standard InChI is InChI=1S/C16H23NO3/c1-4-5-6-9-17-16(19)11-14-10-13(12(2)18)7-8-15(14)20-3/h7-8,10H,4-6,9,11H2,1-3H3,(H,17,19). The number of ketones is 1. The van der Waals surface area contributed by atoms with E-state index in [0.29, 0.717) is 17.9 Å². The lowest BCUT2D eigenvalue weighted by molar-refractivity contribution is -0.120. The van der Waals surface area contributed by atoms with E-state index >= 15 is 0 Å². The third-order valence-corrected chi connectivity index (χ3v) is 3.14. The van der Waals surface area contributed by atoms with Crippen molar-refractivity contribution in [1.82, 2.24) is 5.32 Å². The first-order valence-corrected chi connectivity index (χ1v) is 7.03. The van der Waals surface area contributed by atoms with Crippen LogP contribution in [0.3, 0.4) is 0 Å². The molecule has 0 saturated carbocycles. The molecule has 0 saturated heterocycles. The van der Waals surface area contributed by atoms with E-state index in [4.69, 9.17) is 4.74 Å². The van der Waals surface area contributed by atoms with Crippen molar-refractivity contribution in [1.29, 1.82) is 0 Å². The Morgan fingerprint density at radius 1 is 1.25 bits per heavy atom. The molecule has 0 aliphatic rings. The van der Waals surface area contributed by atoms with Crippen LogP contribution in [0.5, 0.6) is 5.75 Å². The van der Waals surface area contributed by atoms with Crippen LogP contribution in [-0.4, -0.2) is 25.3 Å². The third kappa shape index (κ3) is 5.03. The van der Waals surface area contributed by atoms with Crippen LogP contribution < -0.4 is 10.1 Å². The number of unbranched alkanes of at least 4 members (excludes halogenated alkanes) is 2. The SMILES string of the molecule is CCCCCNC(=O)Cc1cc(C(C)=O)ccc1OC. The lowest BCUT2D eigenvalue weighted by Gasteiger charge is -2.10. The summed E-state index contributed by atoms with van der Waals surface area (Å²) in [5.41, 5.74) is 1.34. The third-order valence-electron chi connectivity index (χ3n) is 3.14. The molecule has 0 heterocycles. The van der Waals surface area contributed by atoms with Crippen molar-refractivity contribution in [3.63, 3.8) is 0 Å². The first kappa shape index (κ1) is 16.2. The molecule has 1 N–H and O–H groups in total. The maximum absolute atomic E-state index is 11.9. The summed E-state index contributed by atoms with van der Waals surface area (Å²) in [4.78, 5) is 23.3. The highest BCUT2D eigenvalue weighted by Crippen LogP contribution is 2.20. The van der Waals surface area contributed by atoms with Crippen LogP contribution in [0, 0.1) is 0 Å². The number of benzene rings is 1. The summed E-state index contributed by atoms with van der Waals surface area (Å²) in [5.74, 6) is 0.580. The van der Waals surface area contributed by atoms with E-state index in [9.17, 15) is 9.59 Å². The van der Waals surface area contributed by atoms with E-state index in [1.54, 1.807) is 25.3 Å². The van der Waals surface area contributed by atoms with Crippen molar-refractivity contribution in [2.75, 3.05) is 13.7 Å². The van der Waals surface area contributed by atoms with Gasteiger partial charge in [-0.2, -0.15) is 0 Å². The average molecular weight is 277 g/mol. The Morgan fingerprint density at radius 3 is 2.60 bits per heavy atom. The molecular formula is C16H23NO3. The van der Waals surface area contributed by atoms with Crippen molar-refractivity contribution >= 4 is 11.7 Å². The van der Waals surface area contributed by atoms with Crippen LogP contribution in [-0.2, 0) is 11.2 Å². The number of ether oxygens (including phenoxy) is 1. The number of rotatable bonds is 8. The van der Waals surface area contributed by atoms with Crippen LogP contribution >= 0.6 is 0 Å². The minimum absolute atomic E-state index is 0.0164. The zero-order valence-corrected chi connectivity index (χ0v) is 12.5. The fourth-order valence-corrected chi connectivity index (χ4v) is 1.97. The van der Waals surface area contributed by atoms with Gasteiger partial charge in [0, 0.05) is 17.7 Å². The molecule has 0 unspecified atom stereocenters. The molecule has 0 aromatic heterocycles. The lowest BCUT2D eigenvalue weighted by atomic mass is 10.0. The van der Waals surface area contributed by atoms with Crippen LogP contribution in [0.25, 0.3) is 0 Å². The van der Waals surface area contributed by atoms with Gasteiger partial charge in [0.15, 0.2) is 5.78 Å². The molecule has 20 heavy (non-hydrogen) atoms. The average Bonchev–Trinajstić information content (AvgIpc) is 2.43. The van der Waals surface area contributed by atoms with Gasteiger partial charge in [-0.1, -0.05) is 19.8 Å². The van der Waals surface area contributed by atoms with E-state index in [-0.39, 0.29) is 18.1 Å². The number of carbonyl (C=O) groups excluding carboxylic acids is 2. The van der Waals surface area contributed by atoms with E-state index in [1.807, 2.05) is 0 Å². The maximum Gasteiger partial charge on any atom is 0.224 e. The summed E-state index contributed by atoms with van der Waals surface area (Å²) in [6.07, 6.45) is 3.47. The fourth-order valence-electron chi connectivity index (χ4n) is 1.97. The van der Waals surface area contributed by atoms with Crippen molar-refractivity contribution in [2.45, 2.75) is 39.5 Å². The Bertz CT molecular complexity index is 469. The molecule has 1 aromatic carbocycles. The first-order chi connectivity index (χ1) is 9.58. The monoisotopic (exact) mass is 277 g/mol. The summed E-state index contributed by atoms with van der Waals surface area (Å²) in [7, 11) is 1.56. The van der Waals surface area contributed by atoms with Gasteiger partial charge in [0.05, 0.1) is 13.5 Å². The van der Waals surface area contributed by atoms with Gasteiger partial charge in [-0.25, -0.2) is 0 Å². The molecule has 4 heteroatoms. The predicted octanol–water partition coefficient (Wildman–Crippen LogP) is 2.75. The molecule has 1 rings (SSSR count). The molecule has 110 valence electrons. The lowest BCUT2D eigenvalue weighted by Crippen LogP contribution is -2.26. The van der Waals surface area contributed by atoms with E-state index < -0.39 is 0 Å². The van der Waals surface area contributed by atoms with Crippen molar-refractivity contribution in [3.8, 4) is 5.75 Å². The minimum Gasteiger partial charge on any atom is -0.496 e. The van der Waals surface area contributed by atoms with Gasteiger partial charge in [0.25, 0.3) is 0 Å². The summed E-state index contributed by atoms with van der Waals surface area (Å²) in [6.45, 7) is 4.33. The van der Waals surface area contributed by atoms with Gasteiger partial charge >= 0.3 is 0 Å². The molecule has 4 nitrogen and oxygen atoms in total. The summed E-state index contributed by atoms with van der Waals surface area (Å²) >= 11 is 0. The molecule has 1 aromatic rings. The van der Waals surface area contributed by atoms with Crippen LogP contribution in [0.1, 0.15) is 49.0 Å². The molecule has 0 fully saturated rings. The van der Waals surface area contributed by atoms with Crippen LogP contribution in [0.15, 0.2) is 18.2 Å². The Labute approximate surface area is 120 Å². The number of amides is 1. The highest BCUT2D eigenvalue weighted by Gasteiger charge is 2.11. The largest absolute Gasteiger partial charge is 0.496 e. The predicted molar refractivity (Wildman–Crippen MR) is 79.2 cm³/mol. The topological polar surface area (TPSA) is 55.4 Å². The molecule has 0 spiro atoms. The Balaban J connectivity index is 2.67. The quantitative estimate of drug-likeness (QED) is 0.587. The number of methoxy groups -OCH3 is 1. The molecule has 1 amide bonds.